The highest BCUT2D eigenvalue weighted by Gasteiger charge is 2.71. The standard InChI is InChI=1S/C17H19ClO5/c1-16(2)21-12-14(20-9-10-6-4-3-5-7-10)17(23-15(12)22-16)8-11(19)13(17)18/h3-7,12-15H,8-9H2,1-2H3/t12-,13+,14?,15-,17-/m0/s1. The maximum absolute atomic E-state index is 11.7. The van der Waals surface area contributed by atoms with Crippen LogP contribution >= 0.6 is 11.6 Å². The molecule has 0 bridgehead atoms. The fourth-order valence-corrected chi connectivity index (χ4v) is 3.88. The summed E-state index contributed by atoms with van der Waals surface area (Å²) in [5, 5.41) is -0.718. The monoisotopic (exact) mass is 338 g/mol. The highest BCUT2D eigenvalue weighted by Crippen LogP contribution is 2.52. The summed E-state index contributed by atoms with van der Waals surface area (Å²) in [5.41, 5.74) is 0.195. The summed E-state index contributed by atoms with van der Waals surface area (Å²) in [6, 6.07) is 9.84. The van der Waals surface area contributed by atoms with Gasteiger partial charge in [-0.05, 0) is 19.4 Å². The van der Waals surface area contributed by atoms with Gasteiger partial charge >= 0.3 is 0 Å². The zero-order chi connectivity index (χ0) is 16.2. The molecule has 1 aliphatic carbocycles. The molecule has 1 saturated carbocycles. The summed E-state index contributed by atoms with van der Waals surface area (Å²) < 4.78 is 23.8. The number of halogens is 1. The number of carbonyl (C=O) groups is 1. The Morgan fingerprint density at radius 2 is 1.96 bits per heavy atom. The minimum atomic E-state index is -0.848. The van der Waals surface area contributed by atoms with Crippen LogP contribution in [0.25, 0.3) is 0 Å². The number of hydrogen-bond acceptors (Lipinski definition) is 5. The van der Waals surface area contributed by atoms with Crippen LogP contribution in [0.1, 0.15) is 25.8 Å². The number of ketones is 1. The Bertz CT molecular complexity index is 619. The van der Waals surface area contributed by atoms with E-state index in [1.807, 2.05) is 44.2 Å². The molecule has 0 amide bonds. The van der Waals surface area contributed by atoms with Crippen LogP contribution in [0.15, 0.2) is 30.3 Å². The minimum Gasteiger partial charge on any atom is -0.368 e. The van der Waals surface area contributed by atoms with Crippen LogP contribution in [0.2, 0.25) is 0 Å². The van der Waals surface area contributed by atoms with Crippen LogP contribution in [0.5, 0.6) is 0 Å². The van der Waals surface area contributed by atoms with Crippen LogP contribution in [0.4, 0.5) is 0 Å². The molecule has 124 valence electrons. The van der Waals surface area contributed by atoms with Crippen molar-refractivity contribution >= 4 is 17.4 Å². The summed E-state index contributed by atoms with van der Waals surface area (Å²) in [5.74, 6) is -0.764. The molecule has 4 rings (SSSR count). The summed E-state index contributed by atoms with van der Waals surface area (Å²) in [4.78, 5) is 11.7. The van der Waals surface area contributed by atoms with Gasteiger partial charge < -0.3 is 18.9 Å². The van der Waals surface area contributed by atoms with E-state index in [2.05, 4.69) is 0 Å². The number of rotatable bonds is 3. The summed E-state index contributed by atoms with van der Waals surface area (Å²) in [6.07, 6.45) is -1.14. The van der Waals surface area contributed by atoms with E-state index in [1.54, 1.807) is 0 Å². The Hall–Kier alpha value is -0.980. The van der Waals surface area contributed by atoms with Gasteiger partial charge in [-0.25, -0.2) is 0 Å². The highest BCUT2D eigenvalue weighted by atomic mass is 35.5. The molecule has 1 spiro atoms. The molecule has 3 aliphatic rings. The van der Waals surface area contributed by atoms with Gasteiger partial charge in [0.1, 0.15) is 23.2 Å². The average molecular weight is 339 g/mol. The van der Waals surface area contributed by atoms with Crippen molar-refractivity contribution in [2.24, 2.45) is 0 Å². The Morgan fingerprint density at radius 3 is 2.61 bits per heavy atom. The van der Waals surface area contributed by atoms with Crippen molar-refractivity contribution in [2.75, 3.05) is 0 Å². The first kappa shape index (κ1) is 15.5. The van der Waals surface area contributed by atoms with Gasteiger partial charge in [0.15, 0.2) is 17.9 Å². The van der Waals surface area contributed by atoms with E-state index in [9.17, 15) is 4.79 Å². The summed E-state index contributed by atoms with van der Waals surface area (Å²) >= 11 is 6.26. The highest BCUT2D eigenvalue weighted by molar-refractivity contribution is 6.35. The second kappa shape index (κ2) is 5.26. The SMILES string of the molecule is CC1(C)O[C@H]2O[C@]3(CC(=O)[C@H]3Cl)C(OCc3ccccc3)[C@@H]2O1. The lowest BCUT2D eigenvalue weighted by atomic mass is 9.74. The van der Waals surface area contributed by atoms with Gasteiger partial charge in [0.2, 0.25) is 0 Å². The second-order valence-electron chi connectivity index (χ2n) is 6.76. The van der Waals surface area contributed by atoms with E-state index in [4.69, 9.17) is 30.5 Å². The molecule has 1 aromatic carbocycles. The van der Waals surface area contributed by atoms with Crippen LogP contribution in [-0.4, -0.2) is 41.0 Å². The lowest BCUT2D eigenvalue weighted by molar-refractivity contribution is -0.253. The number of benzene rings is 1. The molecule has 3 fully saturated rings. The molecule has 0 aromatic heterocycles. The number of Topliss-reactive ketones (excluding diaryl/α,β-unsaturated/α-hetero) is 1. The van der Waals surface area contributed by atoms with Crippen molar-refractivity contribution in [1.29, 1.82) is 0 Å². The minimum absolute atomic E-state index is 0.0285. The van der Waals surface area contributed by atoms with Crippen molar-refractivity contribution < 1.29 is 23.7 Å². The van der Waals surface area contributed by atoms with E-state index in [-0.39, 0.29) is 18.3 Å². The van der Waals surface area contributed by atoms with Crippen molar-refractivity contribution in [3.05, 3.63) is 35.9 Å². The first-order valence-corrected chi connectivity index (χ1v) is 8.21. The summed E-state index contributed by atoms with van der Waals surface area (Å²) in [6.45, 7) is 4.07. The first-order chi connectivity index (χ1) is 10.9. The van der Waals surface area contributed by atoms with Gasteiger partial charge in [-0.2, -0.15) is 0 Å². The molecule has 6 heteroatoms. The van der Waals surface area contributed by atoms with Gasteiger partial charge in [0, 0.05) is 6.42 Å². The maximum Gasteiger partial charge on any atom is 0.190 e. The lowest BCUT2D eigenvalue weighted by Crippen LogP contribution is -2.64. The number of hydrogen-bond donors (Lipinski definition) is 0. The Kier molecular flexibility index (Phi) is 3.55. The molecule has 5 atom stereocenters. The van der Waals surface area contributed by atoms with E-state index >= 15 is 0 Å². The molecule has 23 heavy (non-hydrogen) atoms. The van der Waals surface area contributed by atoms with Gasteiger partial charge in [0.25, 0.3) is 0 Å². The fraction of sp³-hybridized carbons (Fsp3) is 0.588. The predicted octanol–water partition coefficient (Wildman–Crippen LogP) is 2.40. The molecule has 2 heterocycles. The second-order valence-corrected chi connectivity index (χ2v) is 7.20. The zero-order valence-corrected chi connectivity index (χ0v) is 13.8. The Morgan fingerprint density at radius 1 is 1.22 bits per heavy atom. The van der Waals surface area contributed by atoms with Crippen LogP contribution in [0, 0.1) is 0 Å². The van der Waals surface area contributed by atoms with E-state index in [0.717, 1.165) is 5.56 Å². The zero-order valence-electron chi connectivity index (χ0n) is 13.0. The van der Waals surface area contributed by atoms with Crippen molar-refractivity contribution in [3.8, 4) is 0 Å². The molecule has 5 nitrogen and oxygen atoms in total. The van der Waals surface area contributed by atoms with E-state index in [1.165, 1.54) is 0 Å². The quantitative estimate of drug-likeness (QED) is 0.792. The van der Waals surface area contributed by atoms with Gasteiger partial charge in [-0.3, -0.25) is 4.79 Å². The number of fused-ring (bicyclic) bond motifs is 1. The number of alkyl halides is 1. The topological polar surface area (TPSA) is 54.0 Å². The molecular formula is C17H19ClO5. The van der Waals surface area contributed by atoms with E-state index < -0.39 is 29.2 Å². The normalized spacial score (nSPS) is 41.1. The summed E-state index contributed by atoms with van der Waals surface area (Å²) in [7, 11) is 0. The average Bonchev–Trinajstić information content (AvgIpc) is 2.96. The van der Waals surface area contributed by atoms with Crippen molar-refractivity contribution in [3.63, 3.8) is 0 Å². The molecular weight excluding hydrogens is 320 g/mol. The van der Waals surface area contributed by atoms with Gasteiger partial charge in [-0.15, -0.1) is 11.6 Å². The Balaban J connectivity index is 1.56. The third-order valence-electron chi connectivity index (χ3n) is 4.64. The van der Waals surface area contributed by atoms with Crippen LogP contribution in [0.3, 0.4) is 0 Å². The third kappa shape index (κ3) is 2.42. The first-order valence-electron chi connectivity index (χ1n) is 7.77. The molecule has 2 aliphatic heterocycles. The third-order valence-corrected chi connectivity index (χ3v) is 5.25. The fourth-order valence-electron chi connectivity index (χ4n) is 3.55. The number of carbonyl (C=O) groups excluding carboxylic acids is 1. The molecule has 1 aromatic rings. The Labute approximate surface area is 139 Å². The van der Waals surface area contributed by atoms with E-state index in [0.29, 0.717) is 6.61 Å². The van der Waals surface area contributed by atoms with Gasteiger partial charge in [-0.1, -0.05) is 30.3 Å². The largest absolute Gasteiger partial charge is 0.368 e. The number of ether oxygens (including phenoxy) is 4. The predicted molar refractivity (Wildman–Crippen MR) is 81.9 cm³/mol. The van der Waals surface area contributed by atoms with Crippen LogP contribution < -0.4 is 0 Å². The molecule has 0 radical (unpaired) electrons. The van der Waals surface area contributed by atoms with Crippen LogP contribution in [-0.2, 0) is 30.3 Å². The van der Waals surface area contributed by atoms with Gasteiger partial charge in [0.05, 0.1) is 6.61 Å². The molecule has 0 N–H and O–H groups in total. The smallest absolute Gasteiger partial charge is 0.190 e. The molecule has 2 saturated heterocycles. The van der Waals surface area contributed by atoms with Crippen molar-refractivity contribution in [1.82, 2.24) is 0 Å². The molecule has 1 unspecified atom stereocenters. The van der Waals surface area contributed by atoms with Crippen molar-refractivity contribution in [2.45, 2.75) is 62.1 Å². The lowest BCUT2D eigenvalue weighted by Gasteiger charge is -2.45. The maximum atomic E-state index is 11.7.